The van der Waals surface area contributed by atoms with Gasteiger partial charge in [0.05, 0.1) is 0 Å². The Kier molecular flexibility index (Phi) is 4.04. The van der Waals surface area contributed by atoms with E-state index in [-0.39, 0.29) is 12.3 Å². The van der Waals surface area contributed by atoms with E-state index in [2.05, 4.69) is 0 Å². The standard InChI is InChI=1S/C12H19N3O4/c13-12(19)14-9(16)4-5-15-6-7-2-1-3-8(7)10(15)11(17)18/h7-8,10H,1-6H2,(H,17,18)(H3,13,14,16,19). The maximum absolute atomic E-state index is 11.4. The van der Waals surface area contributed by atoms with Crippen molar-refractivity contribution in [2.24, 2.45) is 17.6 Å². The van der Waals surface area contributed by atoms with Gasteiger partial charge < -0.3 is 10.8 Å². The summed E-state index contributed by atoms with van der Waals surface area (Å²) in [5.41, 5.74) is 4.85. The monoisotopic (exact) mass is 269 g/mol. The number of aliphatic carboxylic acids is 1. The molecular weight excluding hydrogens is 250 g/mol. The first-order chi connectivity index (χ1) is 8.99. The maximum Gasteiger partial charge on any atom is 0.321 e. The summed E-state index contributed by atoms with van der Waals surface area (Å²) in [6, 6.07) is -1.37. The lowest BCUT2D eigenvalue weighted by Crippen LogP contribution is -2.42. The second kappa shape index (κ2) is 5.56. The zero-order valence-electron chi connectivity index (χ0n) is 10.7. The highest BCUT2D eigenvalue weighted by Crippen LogP contribution is 2.42. The average Bonchev–Trinajstić information content (AvgIpc) is 2.83. The summed E-state index contributed by atoms with van der Waals surface area (Å²) < 4.78 is 0. The highest BCUT2D eigenvalue weighted by Gasteiger charge is 2.47. The van der Waals surface area contributed by atoms with Gasteiger partial charge in [0.25, 0.3) is 0 Å². The smallest absolute Gasteiger partial charge is 0.321 e. The van der Waals surface area contributed by atoms with Crippen molar-refractivity contribution in [1.29, 1.82) is 0 Å². The molecule has 0 aromatic rings. The summed E-state index contributed by atoms with van der Waals surface area (Å²) in [4.78, 5) is 35.1. The predicted octanol–water partition coefficient (Wildman–Crippen LogP) is -0.244. The molecule has 0 spiro atoms. The Morgan fingerprint density at radius 3 is 2.68 bits per heavy atom. The van der Waals surface area contributed by atoms with Crippen LogP contribution in [0.5, 0.6) is 0 Å². The Balaban J connectivity index is 1.91. The highest BCUT2D eigenvalue weighted by molar-refractivity contribution is 5.93. The molecule has 0 bridgehead atoms. The van der Waals surface area contributed by atoms with E-state index in [1.807, 2.05) is 10.2 Å². The van der Waals surface area contributed by atoms with Gasteiger partial charge in [0.2, 0.25) is 5.91 Å². The maximum atomic E-state index is 11.4. The highest BCUT2D eigenvalue weighted by atomic mass is 16.4. The number of urea groups is 1. The third-order valence-electron chi connectivity index (χ3n) is 4.13. The number of nitrogens with zero attached hydrogens (tertiary/aromatic N) is 1. The van der Waals surface area contributed by atoms with Crippen molar-refractivity contribution in [3.05, 3.63) is 0 Å². The third kappa shape index (κ3) is 3.04. The molecule has 1 saturated carbocycles. The lowest BCUT2D eigenvalue weighted by Gasteiger charge is -2.23. The number of carboxylic acid groups (broad SMARTS) is 1. The van der Waals surface area contributed by atoms with Gasteiger partial charge in [-0.15, -0.1) is 0 Å². The van der Waals surface area contributed by atoms with E-state index in [0.29, 0.717) is 12.5 Å². The van der Waals surface area contributed by atoms with Crippen LogP contribution in [0.2, 0.25) is 0 Å². The fourth-order valence-corrected chi connectivity index (χ4v) is 3.41. The van der Waals surface area contributed by atoms with Crippen LogP contribution in [0.1, 0.15) is 25.7 Å². The number of amides is 3. The number of hydrogen-bond donors (Lipinski definition) is 3. The van der Waals surface area contributed by atoms with Crippen molar-refractivity contribution in [1.82, 2.24) is 10.2 Å². The molecule has 7 nitrogen and oxygen atoms in total. The van der Waals surface area contributed by atoms with E-state index in [0.717, 1.165) is 25.8 Å². The number of likely N-dealkylation sites (tertiary alicyclic amines) is 1. The summed E-state index contributed by atoms with van der Waals surface area (Å²) in [6.45, 7) is 1.08. The zero-order valence-corrected chi connectivity index (χ0v) is 10.7. The number of carbonyl (C=O) groups excluding carboxylic acids is 2. The number of rotatable bonds is 4. The van der Waals surface area contributed by atoms with Crippen molar-refractivity contribution < 1.29 is 19.5 Å². The minimum atomic E-state index is -0.877. The molecule has 3 amide bonds. The van der Waals surface area contributed by atoms with E-state index in [1.54, 1.807) is 0 Å². The number of carboxylic acids is 1. The molecule has 1 heterocycles. The lowest BCUT2D eigenvalue weighted by atomic mass is 9.94. The number of nitrogens with two attached hydrogens (primary N) is 1. The van der Waals surface area contributed by atoms with Crippen molar-refractivity contribution in [3.63, 3.8) is 0 Å². The molecule has 0 radical (unpaired) electrons. The van der Waals surface area contributed by atoms with Crippen molar-refractivity contribution in [2.45, 2.75) is 31.7 Å². The molecule has 1 aliphatic carbocycles. The first-order valence-corrected chi connectivity index (χ1v) is 6.55. The van der Waals surface area contributed by atoms with E-state index in [1.165, 1.54) is 0 Å². The normalized spacial score (nSPS) is 30.0. The van der Waals surface area contributed by atoms with Gasteiger partial charge >= 0.3 is 12.0 Å². The van der Waals surface area contributed by atoms with Gasteiger partial charge in [-0.1, -0.05) is 6.42 Å². The first-order valence-electron chi connectivity index (χ1n) is 6.55. The number of fused-ring (bicyclic) bond motifs is 1. The summed E-state index contributed by atoms with van der Waals surface area (Å²) in [7, 11) is 0. The molecule has 0 aromatic heterocycles. The van der Waals surface area contributed by atoms with E-state index >= 15 is 0 Å². The number of hydrogen-bond acceptors (Lipinski definition) is 4. The molecule has 2 rings (SSSR count). The molecule has 1 aliphatic heterocycles. The van der Waals surface area contributed by atoms with Gasteiger partial charge in [0, 0.05) is 19.5 Å². The van der Waals surface area contributed by atoms with Gasteiger partial charge in [0.15, 0.2) is 0 Å². The molecule has 3 unspecified atom stereocenters. The zero-order chi connectivity index (χ0) is 14.0. The number of carbonyl (C=O) groups is 3. The van der Waals surface area contributed by atoms with Gasteiger partial charge in [-0.05, 0) is 24.7 Å². The van der Waals surface area contributed by atoms with Gasteiger partial charge in [-0.3, -0.25) is 19.8 Å². The van der Waals surface area contributed by atoms with Crippen LogP contribution in [-0.4, -0.2) is 47.0 Å². The second-order valence-corrected chi connectivity index (χ2v) is 5.30. The average molecular weight is 269 g/mol. The van der Waals surface area contributed by atoms with Crippen LogP contribution in [0.4, 0.5) is 4.79 Å². The summed E-state index contributed by atoms with van der Waals surface area (Å²) in [5, 5.41) is 11.3. The van der Waals surface area contributed by atoms with Crippen LogP contribution < -0.4 is 11.1 Å². The molecule has 0 aromatic carbocycles. The molecular formula is C12H19N3O4. The first kappa shape index (κ1) is 13.8. The SMILES string of the molecule is NC(=O)NC(=O)CCN1CC2CCCC2C1C(=O)O. The minimum absolute atomic E-state index is 0.0894. The fourth-order valence-electron chi connectivity index (χ4n) is 3.41. The van der Waals surface area contributed by atoms with E-state index < -0.39 is 23.9 Å². The lowest BCUT2D eigenvalue weighted by molar-refractivity contribution is -0.144. The Bertz CT molecular complexity index is 398. The third-order valence-corrected chi connectivity index (χ3v) is 4.13. The van der Waals surface area contributed by atoms with Gasteiger partial charge in [0.1, 0.15) is 6.04 Å². The summed E-state index contributed by atoms with van der Waals surface area (Å²) in [6.07, 6.45) is 3.20. The Morgan fingerprint density at radius 1 is 1.32 bits per heavy atom. The van der Waals surface area contributed by atoms with Crippen LogP contribution in [-0.2, 0) is 9.59 Å². The van der Waals surface area contributed by atoms with Gasteiger partial charge in [-0.25, -0.2) is 4.79 Å². The van der Waals surface area contributed by atoms with E-state index in [4.69, 9.17) is 5.73 Å². The van der Waals surface area contributed by atoms with Crippen LogP contribution in [0.3, 0.4) is 0 Å². The van der Waals surface area contributed by atoms with Crippen LogP contribution in [0.25, 0.3) is 0 Å². The molecule has 4 N–H and O–H groups in total. The summed E-state index contributed by atoms with van der Waals surface area (Å²) >= 11 is 0. The molecule has 106 valence electrons. The van der Waals surface area contributed by atoms with Gasteiger partial charge in [-0.2, -0.15) is 0 Å². The summed E-state index contributed by atoms with van der Waals surface area (Å²) in [5.74, 6) is -0.643. The molecule has 7 heteroatoms. The molecule has 3 atom stereocenters. The van der Waals surface area contributed by atoms with Crippen LogP contribution in [0, 0.1) is 11.8 Å². The van der Waals surface area contributed by atoms with Crippen LogP contribution >= 0.6 is 0 Å². The van der Waals surface area contributed by atoms with E-state index in [9.17, 15) is 19.5 Å². The number of nitrogens with one attached hydrogen (secondary N) is 1. The fraction of sp³-hybridized carbons (Fsp3) is 0.750. The van der Waals surface area contributed by atoms with Crippen molar-refractivity contribution >= 4 is 17.9 Å². The predicted molar refractivity (Wildman–Crippen MR) is 66.2 cm³/mol. The number of primary amides is 1. The van der Waals surface area contributed by atoms with Crippen molar-refractivity contribution in [2.75, 3.05) is 13.1 Å². The minimum Gasteiger partial charge on any atom is -0.480 e. The number of imide groups is 1. The van der Waals surface area contributed by atoms with Crippen LogP contribution in [0.15, 0.2) is 0 Å². The quantitative estimate of drug-likeness (QED) is 0.651. The molecule has 19 heavy (non-hydrogen) atoms. The molecule has 1 saturated heterocycles. The molecule has 2 fully saturated rings. The topological polar surface area (TPSA) is 113 Å². The van der Waals surface area contributed by atoms with Crippen molar-refractivity contribution in [3.8, 4) is 0 Å². The Labute approximate surface area is 111 Å². The Hall–Kier alpha value is -1.63. The second-order valence-electron chi connectivity index (χ2n) is 5.30. The Morgan fingerprint density at radius 2 is 2.05 bits per heavy atom. The molecule has 2 aliphatic rings. The largest absolute Gasteiger partial charge is 0.480 e.